The molecule has 2 unspecified atom stereocenters. The first-order valence-corrected chi connectivity index (χ1v) is 34.6. The number of esters is 1. The summed E-state index contributed by atoms with van der Waals surface area (Å²) in [5.74, 6) is -0.0210. The Kier molecular flexibility index (Phi) is 64.4. The average Bonchev–Trinajstić information content (AvgIpc) is 3.42. The molecule has 0 spiro atoms. The number of ether oxygens (including phenoxy) is 1. The fourth-order valence-electron chi connectivity index (χ4n) is 11.0. The lowest BCUT2D eigenvalue weighted by atomic mass is 10.0. The van der Waals surface area contributed by atoms with Crippen LogP contribution in [0.1, 0.15) is 386 Å². The van der Waals surface area contributed by atoms with Gasteiger partial charge in [0.2, 0.25) is 5.91 Å². The zero-order chi connectivity index (χ0) is 55.0. The number of allylic oxidation sites excluding steroid dienone is 4. The molecule has 6 heteroatoms. The van der Waals surface area contributed by atoms with Crippen LogP contribution in [0.5, 0.6) is 0 Å². The Labute approximate surface area is 475 Å². The van der Waals surface area contributed by atoms with Crippen LogP contribution < -0.4 is 5.32 Å². The fourth-order valence-corrected chi connectivity index (χ4v) is 11.0. The van der Waals surface area contributed by atoms with Gasteiger partial charge in [0.05, 0.1) is 25.4 Å². The highest BCUT2D eigenvalue weighted by Crippen LogP contribution is 2.19. The normalized spacial score (nSPS) is 12.6. The molecule has 6 nitrogen and oxygen atoms in total. The molecule has 0 aliphatic rings. The SMILES string of the molecule is CCCCCCCCCCCCCCCCCCCCC(O)C(CO)NC(=O)CCCCCCCCCCCCC/C=C\C/C=C\CCCCCCCCCCCOC(=O)CCCCCCCCCCCCCCCC. The van der Waals surface area contributed by atoms with Crippen LogP contribution in [0.25, 0.3) is 0 Å². The third-order valence-electron chi connectivity index (χ3n) is 16.3. The Bertz CT molecular complexity index is 1190. The van der Waals surface area contributed by atoms with E-state index in [-0.39, 0.29) is 18.5 Å². The Morgan fingerprint density at radius 3 is 1.00 bits per heavy atom. The van der Waals surface area contributed by atoms with Gasteiger partial charge in [-0.05, 0) is 57.8 Å². The summed E-state index contributed by atoms with van der Waals surface area (Å²) in [6.07, 6.45) is 82.1. The van der Waals surface area contributed by atoms with E-state index in [4.69, 9.17) is 4.74 Å². The van der Waals surface area contributed by atoms with E-state index in [0.717, 1.165) is 44.9 Å². The van der Waals surface area contributed by atoms with Crippen molar-refractivity contribution < 1.29 is 24.5 Å². The van der Waals surface area contributed by atoms with E-state index in [1.807, 2.05) is 0 Å². The Morgan fingerprint density at radius 1 is 0.368 bits per heavy atom. The molecule has 1 amide bonds. The average molecular weight is 1070 g/mol. The van der Waals surface area contributed by atoms with Gasteiger partial charge in [-0.25, -0.2) is 0 Å². The van der Waals surface area contributed by atoms with Crippen molar-refractivity contribution in [2.45, 2.75) is 398 Å². The minimum atomic E-state index is -0.667. The molecule has 0 aromatic carbocycles. The molecule has 0 saturated heterocycles. The van der Waals surface area contributed by atoms with E-state index in [9.17, 15) is 19.8 Å². The van der Waals surface area contributed by atoms with Gasteiger partial charge in [-0.3, -0.25) is 9.59 Å². The van der Waals surface area contributed by atoms with E-state index < -0.39 is 12.1 Å². The van der Waals surface area contributed by atoms with Crippen molar-refractivity contribution in [1.82, 2.24) is 5.32 Å². The highest BCUT2D eigenvalue weighted by Gasteiger charge is 2.20. The second kappa shape index (κ2) is 65.9. The van der Waals surface area contributed by atoms with E-state index in [0.29, 0.717) is 25.9 Å². The predicted molar refractivity (Wildman–Crippen MR) is 333 cm³/mol. The molecular weight excluding hydrogens is 935 g/mol. The Balaban J connectivity index is 3.41. The molecule has 0 fully saturated rings. The van der Waals surface area contributed by atoms with Crippen molar-refractivity contribution in [3.8, 4) is 0 Å². The summed E-state index contributed by atoms with van der Waals surface area (Å²) in [5, 5.41) is 23.4. The third kappa shape index (κ3) is 61.6. The van der Waals surface area contributed by atoms with Crippen LogP contribution >= 0.6 is 0 Å². The third-order valence-corrected chi connectivity index (χ3v) is 16.3. The maximum Gasteiger partial charge on any atom is 0.305 e. The van der Waals surface area contributed by atoms with E-state index in [2.05, 4.69) is 43.5 Å². The molecule has 0 aromatic rings. The molecule has 0 aliphatic heterocycles. The quantitative estimate of drug-likeness (QED) is 0.0320. The minimum Gasteiger partial charge on any atom is -0.466 e. The lowest BCUT2D eigenvalue weighted by Crippen LogP contribution is -2.45. The molecular formula is C70H135NO5. The van der Waals surface area contributed by atoms with Gasteiger partial charge in [0.15, 0.2) is 0 Å². The number of hydrogen-bond acceptors (Lipinski definition) is 5. The molecule has 0 bridgehead atoms. The topological polar surface area (TPSA) is 95.9 Å². The predicted octanol–water partition coefficient (Wildman–Crippen LogP) is 22.1. The Hall–Kier alpha value is -1.66. The molecule has 450 valence electrons. The summed E-state index contributed by atoms with van der Waals surface area (Å²) in [5.41, 5.74) is 0. The van der Waals surface area contributed by atoms with Crippen molar-refractivity contribution >= 4 is 11.9 Å². The lowest BCUT2D eigenvalue weighted by molar-refractivity contribution is -0.143. The van der Waals surface area contributed by atoms with Crippen molar-refractivity contribution in [2.75, 3.05) is 13.2 Å². The number of unbranched alkanes of at least 4 members (excludes halogenated alkanes) is 50. The van der Waals surface area contributed by atoms with Gasteiger partial charge in [-0.15, -0.1) is 0 Å². The largest absolute Gasteiger partial charge is 0.466 e. The smallest absolute Gasteiger partial charge is 0.305 e. The Morgan fingerprint density at radius 2 is 0.658 bits per heavy atom. The molecule has 0 heterocycles. The lowest BCUT2D eigenvalue weighted by Gasteiger charge is -2.22. The zero-order valence-corrected chi connectivity index (χ0v) is 51.5. The van der Waals surface area contributed by atoms with E-state index in [1.54, 1.807) is 0 Å². The first kappa shape index (κ1) is 74.3. The number of carbonyl (C=O) groups is 2. The number of nitrogens with one attached hydrogen (secondary N) is 1. The van der Waals surface area contributed by atoms with Crippen molar-refractivity contribution in [2.24, 2.45) is 0 Å². The summed E-state index contributed by atoms with van der Waals surface area (Å²) in [6.45, 7) is 4.99. The minimum absolute atomic E-state index is 0.0136. The number of carbonyl (C=O) groups excluding carboxylic acids is 2. The van der Waals surface area contributed by atoms with Crippen molar-refractivity contribution in [3.63, 3.8) is 0 Å². The van der Waals surface area contributed by atoms with Gasteiger partial charge >= 0.3 is 5.97 Å². The molecule has 2 atom stereocenters. The maximum atomic E-state index is 12.5. The van der Waals surface area contributed by atoms with Gasteiger partial charge in [-0.1, -0.05) is 340 Å². The molecule has 0 saturated carbocycles. The van der Waals surface area contributed by atoms with Crippen molar-refractivity contribution in [1.29, 1.82) is 0 Å². The monoisotopic (exact) mass is 1070 g/mol. The van der Waals surface area contributed by atoms with Crippen LogP contribution in [0.15, 0.2) is 24.3 Å². The van der Waals surface area contributed by atoms with Gasteiger partial charge in [0, 0.05) is 12.8 Å². The van der Waals surface area contributed by atoms with Crippen LogP contribution in [-0.2, 0) is 14.3 Å². The van der Waals surface area contributed by atoms with Crippen LogP contribution in [0, 0.1) is 0 Å². The van der Waals surface area contributed by atoms with Gasteiger partial charge in [-0.2, -0.15) is 0 Å². The number of amides is 1. The summed E-state index contributed by atoms with van der Waals surface area (Å²) >= 11 is 0. The molecule has 76 heavy (non-hydrogen) atoms. The number of aliphatic hydroxyl groups is 2. The van der Waals surface area contributed by atoms with E-state index >= 15 is 0 Å². The summed E-state index contributed by atoms with van der Waals surface area (Å²) < 4.78 is 5.49. The molecule has 0 rings (SSSR count). The highest BCUT2D eigenvalue weighted by molar-refractivity contribution is 5.76. The number of rotatable bonds is 65. The summed E-state index contributed by atoms with van der Waals surface area (Å²) in [6, 6.07) is -0.544. The van der Waals surface area contributed by atoms with Crippen LogP contribution in [0.4, 0.5) is 0 Å². The number of aliphatic hydroxyl groups excluding tert-OH is 2. The van der Waals surface area contributed by atoms with Crippen LogP contribution in [0.2, 0.25) is 0 Å². The van der Waals surface area contributed by atoms with Gasteiger partial charge in [0.25, 0.3) is 0 Å². The fraction of sp³-hybridized carbons (Fsp3) is 0.914. The standard InChI is InChI=1S/C70H135NO5/c1-3-5-7-9-11-13-15-17-19-20-32-35-38-42-46-50-54-58-62-68(73)67(66-72)71-69(74)63-59-55-51-47-43-39-36-33-30-28-26-24-22-21-23-25-27-29-31-34-37-41-45-49-53-57-61-65-76-70(75)64-60-56-52-48-44-40-18-16-14-12-10-8-6-4-2/h21-22,25,27,67-68,72-73H,3-20,23-24,26,28-66H2,1-2H3,(H,71,74)/b22-21-,27-25-. The van der Waals surface area contributed by atoms with Crippen molar-refractivity contribution in [3.05, 3.63) is 24.3 Å². The van der Waals surface area contributed by atoms with E-state index in [1.165, 1.54) is 308 Å². The molecule has 0 aromatic heterocycles. The van der Waals surface area contributed by atoms with Crippen LogP contribution in [-0.4, -0.2) is 47.4 Å². The first-order valence-electron chi connectivity index (χ1n) is 34.6. The maximum absolute atomic E-state index is 12.5. The number of hydrogen-bond donors (Lipinski definition) is 3. The molecule has 0 radical (unpaired) electrons. The second-order valence-electron chi connectivity index (χ2n) is 23.9. The van der Waals surface area contributed by atoms with Gasteiger partial charge < -0.3 is 20.3 Å². The zero-order valence-electron chi connectivity index (χ0n) is 51.5. The first-order chi connectivity index (χ1) is 37.5. The van der Waals surface area contributed by atoms with Crippen LogP contribution in [0.3, 0.4) is 0 Å². The molecule has 0 aliphatic carbocycles. The summed E-state index contributed by atoms with van der Waals surface area (Å²) in [7, 11) is 0. The van der Waals surface area contributed by atoms with Gasteiger partial charge in [0.1, 0.15) is 0 Å². The second-order valence-corrected chi connectivity index (χ2v) is 23.9. The summed E-state index contributed by atoms with van der Waals surface area (Å²) in [4.78, 5) is 24.6. The molecule has 3 N–H and O–H groups in total. The highest BCUT2D eigenvalue weighted by atomic mass is 16.5.